The van der Waals surface area contributed by atoms with Gasteiger partial charge in [0.05, 0.1) is 16.7 Å². The van der Waals surface area contributed by atoms with E-state index in [0.717, 1.165) is 16.0 Å². The molecule has 0 radical (unpaired) electrons. The van der Waals surface area contributed by atoms with Crippen LogP contribution in [0, 0.1) is 0 Å². The first-order chi connectivity index (χ1) is 10.3. The van der Waals surface area contributed by atoms with E-state index in [1.807, 2.05) is 36.4 Å². The fourth-order valence-electron chi connectivity index (χ4n) is 2.12. The molecule has 0 saturated carbocycles. The Hall–Kier alpha value is -2.11. The van der Waals surface area contributed by atoms with E-state index in [4.69, 9.17) is 5.73 Å². The summed E-state index contributed by atoms with van der Waals surface area (Å²) in [6.45, 7) is 0.527. The van der Waals surface area contributed by atoms with Gasteiger partial charge < -0.3 is 10.7 Å². The zero-order valence-electron chi connectivity index (χ0n) is 11.4. The second-order valence-electron chi connectivity index (χ2n) is 4.67. The van der Waals surface area contributed by atoms with Crippen molar-refractivity contribution in [3.63, 3.8) is 0 Å². The van der Waals surface area contributed by atoms with Crippen LogP contribution >= 0.6 is 11.8 Å². The molecular formula is C16H15N3OS. The monoisotopic (exact) mass is 297 g/mol. The van der Waals surface area contributed by atoms with Crippen molar-refractivity contribution in [2.45, 2.75) is 17.2 Å². The van der Waals surface area contributed by atoms with Gasteiger partial charge in [-0.05, 0) is 29.8 Å². The molecule has 0 aliphatic carbocycles. The molecule has 0 unspecified atom stereocenters. The Labute approximate surface area is 126 Å². The van der Waals surface area contributed by atoms with Crippen molar-refractivity contribution >= 4 is 22.7 Å². The van der Waals surface area contributed by atoms with Crippen LogP contribution in [-0.2, 0) is 12.3 Å². The van der Waals surface area contributed by atoms with Crippen LogP contribution in [-0.4, -0.2) is 9.97 Å². The van der Waals surface area contributed by atoms with Gasteiger partial charge in [-0.25, -0.2) is 4.98 Å². The molecule has 0 aliphatic rings. The second-order valence-corrected chi connectivity index (χ2v) is 5.72. The minimum atomic E-state index is -0.0908. The fraction of sp³-hybridized carbons (Fsp3) is 0.125. The zero-order chi connectivity index (χ0) is 14.7. The summed E-state index contributed by atoms with van der Waals surface area (Å²) in [4.78, 5) is 20.4. The Morgan fingerprint density at radius 2 is 2.00 bits per heavy atom. The van der Waals surface area contributed by atoms with Crippen LogP contribution in [0.1, 0.15) is 11.4 Å². The Bertz CT molecular complexity index is 829. The van der Waals surface area contributed by atoms with Crippen LogP contribution < -0.4 is 11.3 Å². The average molecular weight is 297 g/mol. The second kappa shape index (κ2) is 6.11. The molecule has 2 aromatic carbocycles. The summed E-state index contributed by atoms with van der Waals surface area (Å²) in [6, 6.07) is 15.4. The van der Waals surface area contributed by atoms with Gasteiger partial charge in [-0.3, -0.25) is 4.79 Å². The lowest BCUT2D eigenvalue weighted by Crippen LogP contribution is -2.11. The van der Waals surface area contributed by atoms with Crippen LogP contribution in [0.5, 0.6) is 0 Å². The van der Waals surface area contributed by atoms with Crippen LogP contribution in [0.25, 0.3) is 10.9 Å². The number of aromatic nitrogens is 2. The molecule has 0 fully saturated rings. The molecule has 5 heteroatoms. The summed E-state index contributed by atoms with van der Waals surface area (Å²) in [5, 5.41) is 0.622. The highest BCUT2D eigenvalue weighted by molar-refractivity contribution is 7.98. The number of nitrogens with one attached hydrogen (secondary N) is 1. The van der Waals surface area contributed by atoms with Crippen molar-refractivity contribution < 1.29 is 0 Å². The highest BCUT2D eigenvalue weighted by Crippen LogP contribution is 2.22. The summed E-state index contributed by atoms with van der Waals surface area (Å²) in [5.41, 5.74) is 7.37. The third-order valence-electron chi connectivity index (χ3n) is 3.17. The van der Waals surface area contributed by atoms with E-state index in [2.05, 4.69) is 16.0 Å². The number of hydrogen-bond acceptors (Lipinski definition) is 4. The number of thioether (sulfide) groups is 1. The topological polar surface area (TPSA) is 71.8 Å². The van der Waals surface area contributed by atoms with E-state index in [1.165, 1.54) is 0 Å². The number of nitrogens with two attached hydrogens (primary N) is 1. The third kappa shape index (κ3) is 3.15. The molecule has 0 amide bonds. The van der Waals surface area contributed by atoms with Crippen LogP contribution in [0.15, 0.2) is 58.2 Å². The molecule has 3 rings (SSSR count). The number of rotatable bonds is 4. The summed E-state index contributed by atoms with van der Waals surface area (Å²) in [7, 11) is 0. The van der Waals surface area contributed by atoms with Gasteiger partial charge in [-0.1, -0.05) is 24.3 Å². The van der Waals surface area contributed by atoms with E-state index < -0.39 is 0 Å². The van der Waals surface area contributed by atoms with Crippen LogP contribution in [0.2, 0.25) is 0 Å². The van der Waals surface area contributed by atoms with E-state index in [1.54, 1.807) is 17.8 Å². The Kier molecular flexibility index (Phi) is 4.03. The minimum absolute atomic E-state index is 0.0908. The van der Waals surface area contributed by atoms with Crippen LogP contribution in [0.4, 0.5) is 0 Å². The van der Waals surface area contributed by atoms with Crippen LogP contribution in [0.3, 0.4) is 0 Å². The van der Waals surface area contributed by atoms with Crippen molar-refractivity contribution in [2.24, 2.45) is 5.73 Å². The lowest BCUT2D eigenvalue weighted by atomic mass is 10.2. The normalized spacial score (nSPS) is 10.9. The summed E-state index contributed by atoms with van der Waals surface area (Å²) < 4.78 is 0. The smallest absolute Gasteiger partial charge is 0.258 e. The Balaban J connectivity index is 1.83. The van der Waals surface area contributed by atoms with Gasteiger partial charge in [-0.2, -0.15) is 0 Å². The standard InChI is InChI=1S/C16H15N3OS/c17-9-11-4-3-5-12(8-11)21-10-15-18-14-7-2-1-6-13(14)16(20)19-15/h1-8H,9-10,17H2,(H,18,19,20). The first-order valence-corrected chi connectivity index (χ1v) is 7.64. The van der Waals surface area contributed by atoms with Gasteiger partial charge in [0.2, 0.25) is 0 Å². The molecule has 3 aromatic rings. The number of fused-ring (bicyclic) bond motifs is 1. The van der Waals surface area contributed by atoms with Gasteiger partial charge in [0.1, 0.15) is 5.82 Å². The summed E-state index contributed by atoms with van der Waals surface area (Å²) in [6.07, 6.45) is 0. The number of hydrogen-bond donors (Lipinski definition) is 2. The number of benzene rings is 2. The number of H-pyrrole nitrogens is 1. The van der Waals surface area contributed by atoms with Gasteiger partial charge >= 0.3 is 0 Å². The molecule has 0 saturated heterocycles. The molecule has 3 N–H and O–H groups in total. The maximum Gasteiger partial charge on any atom is 0.258 e. The zero-order valence-corrected chi connectivity index (χ0v) is 12.2. The molecule has 21 heavy (non-hydrogen) atoms. The summed E-state index contributed by atoms with van der Waals surface area (Å²) >= 11 is 1.63. The molecule has 1 heterocycles. The Morgan fingerprint density at radius 3 is 2.86 bits per heavy atom. The number of para-hydroxylation sites is 1. The Morgan fingerprint density at radius 1 is 1.14 bits per heavy atom. The van der Waals surface area contributed by atoms with Gasteiger partial charge in [0.15, 0.2) is 0 Å². The average Bonchev–Trinajstić information content (AvgIpc) is 2.53. The molecule has 4 nitrogen and oxygen atoms in total. The van der Waals surface area contributed by atoms with Gasteiger partial charge in [0.25, 0.3) is 5.56 Å². The molecule has 1 aromatic heterocycles. The number of nitrogens with zero attached hydrogens (tertiary/aromatic N) is 1. The fourth-order valence-corrected chi connectivity index (χ4v) is 2.97. The van der Waals surface area contributed by atoms with Crippen molar-refractivity contribution in [3.8, 4) is 0 Å². The van der Waals surface area contributed by atoms with E-state index in [-0.39, 0.29) is 5.56 Å². The molecule has 106 valence electrons. The van der Waals surface area contributed by atoms with Crippen molar-refractivity contribution in [1.29, 1.82) is 0 Å². The largest absolute Gasteiger partial charge is 0.326 e. The van der Waals surface area contributed by atoms with Gasteiger partial charge in [0, 0.05) is 11.4 Å². The quantitative estimate of drug-likeness (QED) is 0.726. The molecular weight excluding hydrogens is 282 g/mol. The number of aromatic amines is 1. The predicted octanol–water partition coefficient (Wildman–Crippen LogP) is 2.67. The molecule has 0 atom stereocenters. The molecule has 0 spiro atoms. The van der Waals surface area contributed by atoms with E-state index in [0.29, 0.717) is 23.5 Å². The molecule has 0 aliphatic heterocycles. The van der Waals surface area contributed by atoms with E-state index >= 15 is 0 Å². The lowest BCUT2D eigenvalue weighted by molar-refractivity contribution is 1.04. The molecule has 0 bridgehead atoms. The van der Waals surface area contributed by atoms with E-state index in [9.17, 15) is 4.79 Å². The van der Waals surface area contributed by atoms with Crippen molar-refractivity contribution in [2.75, 3.05) is 0 Å². The van der Waals surface area contributed by atoms with Crippen molar-refractivity contribution in [1.82, 2.24) is 9.97 Å². The van der Waals surface area contributed by atoms with Crippen molar-refractivity contribution in [3.05, 3.63) is 70.3 Å². The summed E-state index contributed by atoms with van der Waals surface area (Å²) in [5.74, 6) is 1.30. The highest BCUT2D eigenvalue weighted by Gasteiger charge is 2.04. The van der Waals surface area contributed by atoms with Gasteiger partial charge in [-0.15, -0.1) is 11.8 Å². The predicted molar refractivity (Wildman–Crippen MR) is 86.3 cm³/mol. The maximum atomic E-state index is 12.0. The maximum absolute atomic E-state index is 12.0. The first-order valence-electron chi connectivity index (χ1n) is 6.66. The third-order valence-corrected chi connectivity index (χ3v) is 4.18. The first kappa shape index (κ1) is 13.9. The highest BCUT2D eigenvalue weighted by atomic mass is 32.2. The SMILES string of the molecule is NCc1cccc(SCc2nc3ccccc3c(=O)[nH]2)c1. The minimum Gasteiger partial charge on any atom is -0.326 e. The lowest BCUT2D eigenvalue weighted by Gasteiger charge is -2.04.